The summed E-state index contributed by atoms with van der Waals surface area (Å²) in [4.78, 5) is 12.0. The number of hydrogen-bond donors (Lipinski definition) is 1. The average Bonchev–Trinajstić information content (AvgIpc) is 2.33. The van der Waals surface area contributed by atoms with E-state index in [0.29, 0.717) is 11.3 Å². The predicted molar refractivity (Wildman–Crippen MR) is 70.0 cm³/mol. The first-order valence-corrected chi connectivity index (χ1v) is 5.70. The molecule has 0 fully saturated rings. The summed E-state index contributed by atoms with van der Waals surface area (Å²) in [5.41, 5.74) is 8.45. The maximum absolute atomic E-state index is 13.0. The molecule has 2 aromatic carbocycles. The molecule has 0 aliphatic rings. The molecular formula is C15H14FNO. The van der Waals surface area contributed by atoms with Crippen LogP contribution in [0.25, 0.3) is 0 Å². The lowest BCUT2D eigenvalue weighted by molar-refractivity contribution is 0.0993. The van der Waals surface area contributed by atoms with E-state index < -0.39 is 0 Å². The highest BCUT2D eigenvalue weighted by Crippen LogP contribution is 2.14. The highest BCUT2D eigenvalue weighted by atomic mass is 19.1. The van der Waals surface area contributed by atoms with Crippen LogP contribution in [0.4, 0.5) is 10.1 Å². The number of Topliss-reactive ketones (excluding diaryl/α,β-unsaturated/α-hetero) is 1. The number of rotatable bonds is 3. The van der Waals surface area contributed by atoms with Gasteiger partial charge in [-0.2, -0.15) is 0 Å². The third-order valence-corrected chi connectivity index (χ3v) is 2.89. The second kappa shape index (κ2) is 5.00. The van der Waals surface area contributed by atoms with Crippen molar-refractivity contribution < 1.29 is 9.18 Å². The summed E-state index contributed by atoms with van der Waals surface area (Å²) >= 11 is 0. The van der Waals surface area contributed by atoms with Crippen LogP contribution in [-0.2, 0) is 6.42 Å². The largest absolute Gasteiger partial charge is 0.399 e. The summed E-state index contributed by atoms with van der Waals surface area (Å²) in [6.45, 7) is 1.80. The summed E-state index contributed by atoms with van der Waals surface area (Å²) in [7, 11) is 0. The van der Waals surface area contributed by atoms with Gasteiger partial charge in [-0.15, -0.1) is 0 Å². The van der Waals surface area contributed by atoms with Crippen LogP contribution >= 0.6 is 0 Å². The van der Waals surface area contributed by atoms with E-state index in [-0.39, 0.29) is 18.0 Å². The smallest absolute Gasteiger partial charge is 0.167 e. The third kappa shape index (κ3) is 2.74. The van der Waals surface area contributed by atoms with Gasteiger partial charge in [0.2, 0.25) is 0 Å². The molecule has 18 heavy (non-hydrogen) atoms. The number of ketones is 1. The summed E-state index contributed by atoms with van der Waals surface area (Å²) in [5, 5.41) is 0. The molecule has 0 saturated carbocycles. The number of nitrogen functional groups attached to an aromatic ring is 1. The van der Waals surface area contributed by atoms with Crippen LogP contribution in [0.15, 0.2) is 42.5 Å². The highest BCUT2D eigenvalue weighted by Gasteiger charge is 2.09. The molecule has 92 valence electrons. The Morgan fingerprint density at radius 3 is 2.44 bits per heavy atom. The topological polar surface area (TPSA) is 43.1 Å². The van der Waals surface area contributed by atoms with Crippen LogP contribution < -0.4 is 5.73 Å². The minimum absolute atomic E-state index is 0.00436. The lowest BCUT2D eigenvalue weighted by Crippen LogP contribution is -2.05. The Balaban J connectivity index is 2.18. The molecule has 0 bridgehead atoms. The Labute approximate surface area is 105 Å². The van der Waals surface area contributed by atoms with E-state index in [1.807, 2.05) is 0 Å². The molecule has 0 heterocycles. The van der Waals surface area contributed by atoms with Crippen molar-refractivity contribution in [1.29, 1.82) is 0 Å². The van der Waals surface area contributed by atoms with Gasteiger partial charge in [0.1, 0.15) is 5.82 Å². The monoisotopic (exact) mass is 243 g/mol. The fourth-order valence-corrected chi connectivity index (χ4v) is 1.80. The molecule has 2 rings (SSSR count). The standard InChI is InChI=1S/C15H14FNO/c1-10-8-13(16)5-2-12(10)9-15(18)11-3-6-14(17)7-4-11/h2-8H,9,17H2,1H3. The normalized spacial score (nSPS) is 10.3. The predicted octanol–water partition coefficient (Wildman–Crippen LogP) is 3.14. The summed E-state index contributed by atoms with van der Waals surface area (Å²) in [6, 6.07) is 11.3. The van der Waals surface area contributed by atoms with Crippen molar-refractivity contribution in [3.05, 3.63) is 65.0 Å². The van der Waals surface area contributed by atoms with Crippen molar-refractivity contribution in [2.45, 2.75) is 13.3 Å². The van der Waals surface area contributed by atoms with Gasteiger partial charge >= 0.3 is 0 Å². The zero-order valence-electron chi connectivity index (χ0n) is 10.1. The van der Waals surface area contributed by atoms with Gasteiger partial charge < -0.3 is 5.73 Å². The van der Waals surface area contributed by atoms with Crippen molar-refractivity contribution in [3.63, 3.8) is 0 Å². The number of anilines is 1. The number of aryl methyl sites for hydroxylation is 1. The number of hydrogen-bond acceptors (Lipinski definition) is 2. The fraction of sp³-hybridized carbons (Fsp3) is 0.133. The van der Waals surface area contributed by atoms with Gasteiger partial charge in [0.05, 0.1) is 0 Å². The molecule has 0 radical (unpaired) electrons. The van der Waals surface area contributed by atoms with E-state index in [1.165, 1.54) is 12.1 Å². The van der Waals surface area contributed by atoms with Gasteiger partial charge in [0.25, 0.3) is 0 Å². The Kier molecular flexibility index (Phi) is 3.42. The molecule has 0 aliphatic heterocycles. The van der Waals surface area contributed by atoms with Gasteiger partial charge in [-0.1, -0.05) is 6.07 Å². The molecule has 0 spiro atoms. The first kappa shape index (κ1) is 12.3. The molecular weight excluding hydrogens is 229 g/mol. The summed E-state index contributed by atoms with van der Waals surface area (Å²) in [6.07, 6.45) is 0.274. The van der Waals surface area contributed by atoms with E-state index in [0.717, 1.165) is 11.1 Å². The maximum Gasteiger partial charge on any atom is 0.167 e. The Hall–Kier alpha value is -2.16. The van der Waals surface area contributed by atoms with E-state index >= 15 is 0 Å². The van der Waals surface area contributed by atoms with Gasteiger partial charge in [-0.25, -0.2) is 4.39 Å². The first-order valence-electron chi connectivity index (χ1n) is 5.70. The minimum Gasteiger partial charge on any atom is -0.399 e. The van der Waals surface area contributed by atoms with E-state index in [4.69, 9.17) is 5.73 Å². The number of carbonyl (C=O) groups excluding carboxylic acids is 1. The van der Waals surface area contributed by atoms with Crippen molar-refractivity contribution in [2.75, 3.05) is 5.73 Å². The number of benzene rings is 2. The molecule has 0 aromatic heterocycles. The van der Waals surface area contributed by atoms with Crippen LogP contribution in [0, 0.1) is 12.7 Å². The molecule has 2 aromatic rings. The molecule has 2 N–H and O–H groups in total. The van der Waals surface area contributed by atoms with Crippen LogP contribution in [-0.4, -0.2) is 5.78 Å². The molecule has 2 nitrogen and oxygen atoms in total. The van der Waals surface area contributed by atoms with Gasteiger partial charge in [0.15, 0.2) is 5.78 Å². The SMILES string of the molecule is Cc1cc(F)ccc1CC(=O)c1ccc(N)cc1. The zero-order valence-corrected chi connectivity index (χ0v) is 10.1. The van der Waals surface area contributed by atoms with Gasteiger partial charge in [-0.05, 0) is 54.4 Å². The Morgan fingerprint density at radius 2 is 1.83 bits per heavy atom. The van der Waals surface area contributed by atoms with E-state index in [9.17, 15) is 9.18 Å². The molecule has 0 atom stereocenters. The highest BCUT2D eigenvalue weighted by molar-refractivity contribution is 5.97. The molecule has 3 heteroatoms. The fourth-order valence-electron chi connectivity index (χ4n) is 1.80. The lowest BCUT2D eigenvalue weighted by Gasteiger charge is -2.05. The van der Waals surface area contributed by atoms with E-state index in [2.05, 4.69) is 0 Å². The first-order chi connectivity index (χ1) is 8.56. The molecule has 0 aliphatic carbocycles. The third-order valence-electron chi connectivity index (χ3n) is 2.89. The van der Waals surface area contributed by atoms with Crippen molar-refractivity contribution in [1.82, 2.24) is 0 Å². The van der Waals surface area contributed by atoms with Gasteiger partial charge in [-0.3, -0.25) is 4.79 Å². The van der Waals surface area contributed by atoms with Crippen LogP contribution in [0.2, 0.25) is 0 Å². The Bertz CT molecular complexity index is 576. The lowest BCUT2D eigenvalue weighted by atomic mass is 9.99. The van der Waals surface area contributed by atoms with Gasteiger partial charge in [0, 0.05) is 17.7 Å². The second-order valence-electron chi connectivity index (χ2n) is 4.29. The van der Waals surface area contributed by atoms with Crippen molar-refractivity contribution >= 4 is 11.5 Å². The van der Waals surface area contributed by atoms with Crippen molar-refractivity contribution in [3.8, 4) is 0 Å². The van der Waals surface area contributed by atoms with E-state index in [1.54, 1.807) is 37.3 Å². The van der Waals surface area contributed by atoms with Crippen molar-refractivity contribution in [2.24, 2.45) is 0 Å². The Morgan fingerprint density at radius 1 is 1.17 bits per heavy atom. The number of carbonyl (C=O) groups is 1. The number of halogens is 1. The van der Waals surface area contributed by atoms with Crippen LogP contribution in [0.1, 0.15) is 21.5 Å². The molecule has 0 unspecified atom stereocenters. The molecule has 0 saturated heterocycles. The van der Waals surface area contributed by atoms with Crippen LogP contribution in [0.5, 0.6) is 0 Å². The zero-order chi connectivity index (χ0) is 13.1. The maximum atomic E-state index is 13.0. The summed E-state index contributed by atoms with van der Waals surface area (Å²) < 4.78 is 13.0. The number of nitrogens with two attached hydrogens (primary N) is 1. The summed E-state index contributed by atoms with van der Waals surface area (Å²) in [5.74, 6) is -0.277. The molecule has 0 amide bonds. The quantitative estimate of drug-likeness (QED) is 0.664. The van der Waals surface area contributed by atoms with Crippen LogP contribution in [0.3, 0.4) is 0 Å². The second-order valence-corrected chi connectivity index (χ2v) is 4.29. The minimum atomic E-state index is -0.281. The average molecular weight is 243 g/mol.